The van der Waals surface area contributed by atoms with Gasteiger partial charge in [0.25, 0.3) is 0 Å². The molecule has 0 spiro atoms. The molecule has 0 saturated carbocycles. The van der Waals surface area contributed by atoms with E-state index in [9.17, 15) is 0 Å². The number of pyridine rings is 1. The molecule has 2 heterocycles. The molecule has 0 atom stereocenters. The fraction of sp³-hybridized carbons (Fsp3) is 0.467. The molecular formula is C15H21BrN4. The standard InChI is InChI=1S/C15H21BrN4/c1-4-13-8-14(5-2)20(19-13)15-11(9-17-6-3)7-12(16)10-18-15/h7-8,10,17H,4-6,9H2,1-3H3. The zero-order valence-electron chi connectivity index (χ0n) is 12.3. The van der Waals surface area contributed by atoms with Crippen LogP contribution >= 0.6 is 15.9 Å². The molecule has 0 radical (unpaired) electrons. The molecule has 0 fully saturated rings. The van der Waals surface area contributed by atoms with E-state index in [2.05, 4.69) is 64.2 Å². The number of aromatic nitrogens is 3. The monoisotopic (exact) mass is 336 g/mol. The van der Waals surface area contributed by atoms with Crippen LogP contribution in [0.5, 0.6) is 0 Å². The van der Waals surface area contributed by atoms with E-state index in [0.717, 1.165) is 47.5 Å². The minimum absolute atomic E-state index is 0.794. The molecule has 0 aliphatic heterocycles. The van der Waals surface area contributed by atoms with Crippen LogP contribution in [0.2, 0.25) is 0 Å². The number of hydrogen-bond donors (Lipinski definition) is 1. The Labute approximate surface area is 128 Å². The Hall–Kier alpha value is -1.20. The fourth-order valence-corrected chi connectivity index (χ4v) is 2.52. The topological polar surface area (TPSA) is 42.7 Å². The van der Waals surface area contributed by atoms with Crippen molar-refractivity contribution in [2.75, 3.05) is 6.54 Å². The number of rotatable bonds is 6. The molecule has 0 aliphatic carbocycles. The summed E-state index contributed by atoms with van der Waals surface area (Å²) in [7, 11) is 0. The van der Waals surface area contributed by atoms with Gasteiger partial charge in [0.1, 0.15) is 0 Å². The maximum absolute atomic E-state index is 4.68. The SMILES string of the molecule is CCNCc1cc(Br)cnc1-n1nc(CC)cc1CC. The quantitative estimate of drug-likeness (QED) is 0.880. The zero-order chi connectivity index (χ0) is 14.5. The second-order valence-electron chi connectivity index (χ2n) is 4.66. The summed E-state index contributed by atoms with van der Waals surface area (Å²) in [5.74, 6) is 0.922. The predicted molar refractivity (Wildman–Crippen MR) is 85.2 cm³/mol. The molecule has 108 valence electrons. The third-order valence-corrected chi connectivity index (χ3v) is 3.67. The van der Waals surface area contributed by atoms with E-state index in [1.165, 1.54) is 5.69 Å². The normalized spacial score (nSPS) is 11.0. The molecule has 2 aromatic rings. The first kappa shape index (κ1) is 15.2. The van der Waals surface area contributed by atoms with Crippen molar-refractivity contribution in [2.45, 2.75) is 40.2 Å². The molecule has 2 rings (SSSR count). The maximum atomic E-state index is 4.68. The average Bonchev–Trinajstić information content (AvgIpc) is 2.88. The molecule has 0 amide bonds. The second-order valence-corrected chi connectivity index (χ2v) is 5.58. The van der Waals surface area contributed by atoms with Crippen LogP contribution in [0, 0.1) is 0 Å². The average molecular weight is 337 g/mol. The Morgan fingerprint density at radius 2 is 2.00 bits per heavy atom. The fourth-order valence-electron chi connectivity index (χ4n) is 2.14. The van der Waals surface area contributed by atoms with E-state index in [-0.39, 0.29) is 0 Å². The highest BCUT2D eigenvalue weighted by atomic mass is 79.9. The number of aryl methyl sites for hydroxylation is 2. The molecule has 0 aliphatic rings. The minimum Gasteiger partial charge on any atom is -0.313 e. The van der Waals surface area contributed by atoms with Crippen molar-refractivity contribution in [1.82, 2.24) is 20.1 Å². The van der Waals surface area contributed by atoms with Crippen molar-refractivity contribution < 1.29 is 0 Å². The molecule has 4 nitrogen and oxygen atoms in total. The van der Waals surface area contributed by atoms with E-state index < -0.39 is 0 Å². The van der Waals surface area contributed by atoms with Gasteiger partial charge in [-0.05, 0) is 47.4 Å². The molecular weight excluding hydrogens is 316 g/mol. The van der Waals surface area contributed by atoms with Crippen LogP contribution in [0.3, 0.4) is 0 Å². The van der Waals surface area contributed by atoms with Gasteiger partial charge in [-0.15, -0.1) is 0 Å². The second kappa shape index (κ2) is 6.99. The number of nitrogens with zero attached hydrogens (tertiary/aromatic N) is 3. The van der Waals surface area contributed by atoms with E-state index >= 15 is 0 Å². The summed E-state index contributed by atoms with van der Waals surface area (Å²) in [4.78, 5) is 4.57. The first-order chi connectivity index (χ1) is 9.69. The summed E-state index contributed by atoms with van der Waals surface area (Å²) in [6.45, 7) is 8.11. The highest BCUT2D eigenvalue weighted by Crippen LogP contribution is 2.20. The summed E-state index contributed by atoms with van der Waals surface area (Å²) in [6.07, 6.45) is 3.72. The third-order valence-electron chi connectivity index (χ3n) is 3.23. The van der Waals surface area contributed by atoms with Crippen molar-refractivity contribution in [3.8, 4) is 5.82 Å². The summed E-state index contributed by atoms with van der Waals surface area (Å²) in [6, 6.07) is 4.28. The minimum atomic E-state index is 0.794. The molecule has 0 saturated heterocycles. The van der Waals surface area contributed by atoms with Crippen LogP contribution in [0.25, 0.3) is 5.82 Å². The Morgan fingerprint density at radius 1 is 1.20 bits per heavy atom. The largest absolute Gasteiger partial charge is 0.313 e. The van der Waals surface area contributed by atoms with Gasteiger partial charge in [0.2, 0.25) is 0 Å². The van der Waals surface area contributed by atoms with Gasteiger partial charge in [-0.3, -0.25) is 0 Å². The number of hydrogen-bond acceptors (Lipinski definition) is 3. The number of nitrogens with one attached hydrogen (secondary N) is 1. The first-order valence-corrected chi connectivity index (χ1v) is 7.92. The van der Waals surface area contributed by atoms with Crippen LogP contribution in [0.1, 0.15) is 37.7 Å². The Morgan fingerprint density at radius 3 is 2.65 bits per heavy atom. The summed E-state index contributed by atoms with van der Waals surface area (Å²) in [5, 5.41) is 8.04. The summed E-state index contributed by atoms with van der Waals surface area (Å²) >= 11 is 3.50. The Bertz CT molecular complexity index is 577. The van der Waals surface area contributed by atoms with Crippen molar-refractivity contribution in [3.05, 3.63) is 39.8 Å². The van der Waals surface area contributed by atoms with E-state index in [1.54, 1.807) is 0 Å². The lowest BCUT2D eigenvalue weighted by Gasteiger charge is -2.11. The van der Waals surface area contributed by atoms with Crippen LogP contribution in [-0.4, -0.2) is 21.3 Å². The van der Waals surface area contributed by atoms with Crippen molar-refractivity contribution in [2.24, 2.45) is 0 Å². The van der Waals surface area contributed by atoms with Crippen LogP contribution in [0.4, 0.5) is 0 Å². The lowest BCUT2D eigenvalue weighted by atomic mass is 10.2. The smallest absolute Gasteiger partial charge is 0.158 e. The highest BCUT2D eigenvalue weighted by molar-refractivity contribution is 9.10. The molecule has 0 aromatic carbocycles. The highest BCUT2D eigenvalue weighted by Gasteiger charge is 2.13. The van der Waals surface area contributed by atoms with Crippen LogP contribution in [0.15, 0.2) is 22.8 Å². The van der Waals surface area contributed by atoms with Gasteiger partial charge < -0.3 is 5.32 Å². The number of halogens is 1. The third kappa shape index (κ3) is 3.27. The molecule has 2 aromatic heterocycles. The molecule has 20 heavy (non-hydrogen) atoms. The molecule has 5 heteroatoms. The van der Waals surface area contributed by atoms with Gasteiger partial charge in [0.15, 0.2) is 5.82 Å². The van der Waals surface area contributed by atoms with Crippen molar-refractivity contribution in [3.63, 3.8) is 0 Å². The van der Waals surface area contributed by atoms with E-state index in [1.807, 2.05) is 10.9 Å². The van der Waals surface area contributed by atoms with Gasteiger partial charge in [-0.25, -0.2) is 9.67 Å². The predicted octanol–water partition coefficient (Wildman–Crippen LogP) is 3.26. The maximum Gasteiger partial charge on any atom is 0.158 e. The molecule has 0 bridgehead atoms. The van der Waals surface area contributed by atoms with E-state index in [0.29, 0.717) is 0 Å². The summed E-state index contributed by atoms with van der Waals surface area (Å²) < 4.78 is 2.98. The van der Waals surface area contributed by atoms with Gasteiger partial charge in [-0.1, -0.05) is 20.8 Å². The van der Waals surface area contributed by atoms with Gasteiger partial charge in [-0.2, -0.15) is 5.10 Å². The molecule has 1 N–H and O–H groups in total. The van der Waals surface area contributed by atoms with Gasteiger partial charge >= 0.3 is 0 Å². The summed E-state index contributed by atoms with van der Waals surface area (Å²) in [5.41, 5.74) is 3.47. The zero-order valence-corrected chi connectivity index (χ0v) is 13.9. The first-order valence-electron chi connectivity index (χ1n) is 7.12. The lowest BCUT2D eigenvalue weighted by molar-refractivity contribution is 0.699. The van der Waals surface area contributed by atoms with Crippen LogP contribution in [-0.2, 0) is 19.4 Å². The lowest BCUT2D eigenvalue weighted by Crippen LogP contribution is -2.16. The van der Waals surface area contributed by atoms with Crippen molar-refractivity contribution in [1.29, 1.82) is 0 Å². The Kier molecular flexibility index (Phi) is 5.31. The van der Waals surface area contributed by atoms with Crippen molar-refractivity contribution >= 4 is 15.9 Å². The molecule has 0 unspecified atom stereocenters. The van der Waals surface area contributed by atoms with Gasteiger partial charge in [0.05, 0.1) is 5.69 Å². The van der Waals surface area contributed by atoms with Gasteiger partial charge in [0, 0.05) is 28.5 Å². The van der Waals surface area contributed by atoms with E-state index in [4.69, 9.17) is 0 Å². The van der Waals surface area contributed by atoms with Crippen LogP contribution < -0.4 is 5.32 Å². The Balaban J connectivity index is 2.47.